The van der Waals surface area contributed by atoms with Gasteiger partial charge in [0.25, 0.3) is 0 Å². The summed E-state index contributed by atoms with van der Waals surface area (Å²) < 4.78 is 0. The van der Waals surface area contributed by atoms with Gasteiger partial charge in [-0.05, 0) is 51.5 Å². The average Bonchev–Trinajstić information content (AvgIpc) is 2.63. The Kier molecular flexibility index (Phi) is 10.7. The van der Waals surface area contributed by atoms with Crippen molar-refractivity contribution in [3.63, 3.8) is 0 Å². The molecule has 0 spiro atoms. The maximum atomic E-state index is 10.2. The van der Waals surface area contributed by atoms with E-state index in [0.717, 1.165) is 6.42 Å². The lowest BCUT2D eigenvalue weighted by molar-refractivity contribution is -0.123. The highest BCUT2D eigenvalue weighted by molar-refractivity contribution is 5.87. The van der Waals surface area contributed by atoms with Crippen LogP contribution < -0.4 is 0 Å². The SMILES string of the molecule is CCCC(C)(O)C(C)(C)O.O=C(O)c1ccccc1.O=C(O)c1ccccc1. The van der Waals surface area contributed by atoms with Gasteiger partial charge < -0.3 is 20.4 Å². The highest BCUT2D eigenvalue weighted by Crippen LogP contribution is 2.25. The lowest BCUT2D eigenvalue weighted by Gasteiger charge is -2.35. The molecule has 2 aromatic rings. The highest BCUT2D eigenvalue weighted by Gasteiger charge is 2.36. The first kappa shape index (κ1) is 25.3. The molecule has 6 heteroatoms. The molecule has 2 rings (SSSR count). The zero-order chi connectivity index (χ0) is 21.8. The van der Waals surface area contributed by atoms with E-state index in [1.165, 1.54) is 0 Å². The van der Waals surface area contributed by atoms with Gasteiger partial charge in [-0.2, -0.15) is 0 Å². The fourth-order valence-electron chi connectivity index (χ4n) is 1.95. The summed E-state index contributed by atoms with van der Waals surface area (Å²) in [6.45, 7) is 6.90. The van der Waals surface area contributed by atoms with E-state index < -0.39 is 23.1 Å². The minimum atomic E-state index is -0.997. The van der Waals surface area contributed by atoms with Crippen LogP contribution in [-0.2, 0) is 0 Å². The number of hydrogen-bond acceptors (Lipinski definition) is 4. The molecule has 0 amide bonds. The van der Waals surface area contributed by atoms with Crippen molar-refractivity contribution in [1.82, 2.24) is 0 Å². The van der Waals surface area contributed by atoms with E-state index in [1.807, 2.05) is 6.92 Å². The van der Waals surface area contributed by atoms with Crippen LogP contribution in [0, 0.1) is 0 Å². The van der Waals surface area contributed by atoms with Gasteiger partial charge in [0.2, 0.25) is 0 Å². The third kappa shape index (κ3) is 9.85. The average molecular weight is 390 g/mol. The standard InChI is InChI=1S/C8H18O2.2C7H6O2/c1-5-6-8(4,10)7(2,3)9;2*8-7(9)6-4-2-1-3-5-6/h9-10H,5-6H2,1-4H3;2*1-5H,(H,8,9). The van der Waals surface area contributed by atoms with Crippen molar-refractivity contribution in [1.29, 1.82) is 0 Å². The first-order chi connectivity index (χ1) is 12.9. The van der Waals surface area contributed by atoms with Gasteiger partial charge in [-0.25, -0.2) is 9.59 Å². The van der Waals surface area contributed by atoms with Gasteiger partial charge in [-0.3, -0.25) is 0 Å². The first-order valence-electron chi connectivity index (χ1n) is 8.93. The lowest BCUT2D eigenvalue weighted by Crippen LogP contribution is -2.47. The Morgan fingerprint density at radius 3 is 1.21 bits per heavy atom. The van der Waals surface area contributed by atoms with Crippen LogP contribution in [-0.4, -0.2) is 43.6 Å². The van der Waals surface area contributed by atoms with Crippen molar-refractivity contribution in [2.75, 3.05) is 0 Å². The minimum absolute atomic E-state index is 0.331. The quantitative estimate of drug-likeness (QED) is 0.611. The Morgan fingerprint density at radius 2 is 1.07 bits per heavy atom. The molecule has 4 N–H and O–H groups in total. The molecule has 1 unspecified atom stereocenters. The summed E-state index contributed by atoms with van der Waals surface area (Å²) in [5, 5.41) is 35.8. The molecule has 0 fully saturated rings. The van der Waals surface area contributed by atoms with Crippen LogP contribution in [0.15, 0.2) is 60.7 Å². The Balaban J connectivity index is 0.000000391. The number of rotatable bonds is 5. The van der Waals surface area contributed by atoms with Crippen LogP contribution >= 0.6 is 0 Å². The van der Waals surface area contributed by atoms with Crippen LogP contribution in [0.2, 0.25) is 0 Å². The first-order valence-corrected chi connectivity index (χ1v) is 8.93. The molecule has 154 valence electrons. The fraction of sp³-hybridized carbons (Fsp3) is 0.364. The van der Waals surface area contributed by atoms with Gasteiger partial charge in [0.1, 0.15) is 0 Å². The van der Waals surface area contributed by atoms with Crippen molar-refractivity contribution >= 4 is 11.9 Å². The second kappa shape index (κ2) is 11.9. The molecule has 6 nitrogen and oxygen atoms in total. The number of aliphatic hydroxyl groups is 2. The van der Waals surface area contributed by atoms with Gasteiger partial charge in [-0.15, -0.1) is 0 Å². The molecule has 0 saturated carbocycles. The summed E-state index contributed by atoms with van der Waals surface area (Å²) in [6, 6.07) is 16.6. The monoisotopic (exact) mass is 390 g/mol. The summed E-state index contributed by atoms with van der Waals surface area (Å²) in [6.07, 6.45) is 1.52. The molecule has 0 aliphatic heterocycles. The van der Waals surface area contributed by atoms with Gasteiger partial charge in [0, 0.05) is 0 Å². The Labute approximate surface area is 166 Å². The van der Waals surface area contributed by atoms with Crippen molar-refractivity contribution in [3.8, 4) is 0 Å². The van der Waals surface area contributed by atoms with E-state index >= 15 is 0 Å². The molecule has 1 atom stereocenters. The summed E-state index contributed by atoms with van der Waals surface area (Å²) >= 11 is 0. The number of benzene rings is 2. The Hall–Kier alpha value is -2.70. The van der Waals surface area contributed by atoms with Crippen LogP contribution in [0.25, 0.3) is 0 Å². The van der Waals surface area contributed by atoms with E-state index in [4.69, 9.17) is 10.2 Å². The molecular weight excluding hydrogens is 360 g/mol. The molecule has 0 radical (unpaired) electrons. The second-order valence-corrected chi connectivity index (χ2v) is 6.93. The van der Waals surface area contributed by atoms with E-state index in [1.54, 1.807) is 81.4 Å². The summed E-state index contributed by atoms with van der Waals surface area (Å²) in [5.74, 6) is -1.76. The molecule has 0 aliphatic rings. The summed E-state index contributed by atoms with van der Waals surface area (Å²) in [5.41, 5.74) is -1.29. The van der Waals surface area contributed by atoms with Crippen molar-refractivity contribution in [3.05, 3.63) is 71.8 Å². The van der Waals surface area contributed by atoms with E-state index in [2.05, 4.69) is 0 Å². The van der Waals surface area contributed by atoms with Crippen LogP contribution in [0.3, 0.4) is 0 Å². The molecule has 0 aromatic heterocycles. The summed E-state index contributed by atoms with van der Waals surface area (Å²) in [4.78, 5) is 20.4. The van der Waals surface area contributed by atoms with E-state index in [-0.39, 0.29) is 0 Å². The van der Waals surface area contributed by atoms with Crippen LogP contribution in [0.5, 0.6) is 0 Å². The molecule has 28 heavy (non-hydrogen) atoms. The molecule has 0 heterocycles. The van der Waals surface area contributed by atoms with Crippen molar-refractivity contribution < 1.29 is 30.0 Å². The number of aromatic carboxylic acids is 2. The third-order valence-corrected chi connectivity index (χ3v) is 4.10. The predicted molar refractivity (Wildman–Crippen MR) is 109 cm³/mol. The lowest BCUT2D eigenvalue weighted by atomic mass is 9.84. The topological polar surface area (TPSA) is 115 Å². The van der Waals surface area contributed by atoms with Gasteiger partial charge in [0.05, 0.1) is 22.3 Å². The molecular formula is C22H30O6. The van der Waals surface area contributed by atoms with Gasteiger partial charge >= 0.3 is 11.9 Å². The number of carboxylic acids is 2. The molecule has 2 aromatic carbocycles. The van der Waals surface area contributed by atoms with Crippen LogP contribution in [0.1, 0.15) is 61.3 Å². The molecule has 0 saturated heterocycles. The Morgan fingerprint density at radius 1 is 0.750 bits per heavy atom. The van der Waals surface area contributed by atoms with Crippen molar-refractivity contribution in [2.45, 2.75) is 51.7 Å². The van der Waals surface area contributed by atoms with Gasteiger partial charge in [0.15, 0.2) is 0 Å². The van der Waals surface area contributed by atoms with E-state index in [9.17, 15) is 19.8 Å². The minimum Gasteiger partial charge on any atom is -0.478 e. The predicted octanol–water partition coefficient (Wildman–Crippen LogP) is 4.08. The van der Waals surface area contributed by atoms with E-state index in [0.29, 0.717) is 17.5 Å². The number of carbonyl (C=O) groups is 2. The zero-order valence-corrected chi connectivity index (χ0v) is 16.8. The summed E-state index contributed by atoms with van der Waals surface area (Å²) in [7, 11) is 0. The smallest absolute Gasteiger partial charge is 0.335 e. The largest absolute Gasteiger partial charge is 0.478 e. The third-order valence-electron chi connectivity index (χ3n) is 4.10. The van der Waals surface area contributed by atoms with Crippen LogP contribution in [0.4, 0.5) is 0 Å². The number of hydrogen-bond donors (Lipinski definition) is 4. The zero-order valence-electron chi connectivity index (χ0n) is 16.8. The fourth-order valence-corrected chi connectivity index (χ4v) is 1.95. The number of carboxylic acid groups (broad SMARTS) is 2. The second-order valence-electron chi connectivity index (χ2n) is 6.93. The maximum Gasteiger partial charge on any atom is 0.335 e. The molecule has 0 bridgehead atoms. The highest BCUT2D eigenvalue weighted by atomic mass is 16.4. The van der Waals surface area contributed by atoms with Crippen molar-refractivity contribution in [2.24, 2.45) is 0 Å². The molecule has 0 aliphatic carbocycles. The Bertz CT molecular complexity index is 653. The van der Waals surface area contributed by atoms with Gasteiger partial charge in [-0.1, -0.05) is 49.7 Å². The normalized spacial score (nSPS) is 12.4. The maximum absolute atomic E-state index is 10.2.